The molecule has 1 aliphatic heterocycles. The number of aromatic nitrogens is 1. The predicted molar refractivity (Wildman–Crippen MR) is 69.9 cm³/mol. The molecule has 8 heteroatoms. The Labute approximate surface area is 124 Å². The average Bonchev–Trinajstić information content (AvgIpc) is 2.91. The Morgan fingerprint density at radius 3 is 2.86 bits per heavy atom. The van der Waals surface area contributed by atoms with Crippen LogP contribution in [-0.2, 0) is 22.1 Å². The summed E-state index contributed by atoms with van der Waals surface area (Å²) in [6.45, 7) is 1.07. The van der Waals surface area contributed by atoms with Crippen molar-refractivity contribution in [2.45, 2.75) is 31.5 Å². The van der Waals surface area contributed by atoms with E-state index in [2.05, 4.69) is 10.3 Å². The number of nitrogens with one attached hydrogen (secondary N) is 1. The summed E-state index contributed by atoms with van der Waals surface area (Å²) < 4.78 is 42.7. The fourth-order valence-corrected chi connectivity index (χ4v) is 2.23. The highest BCUT2D eigenvalue weighted by Crippen LogP contribution is 2.31. The number of nitrogens with zero attached hydrogens (tertiary/aromatic N) is 1. The van der Waals surface area contributed by atoms with E-state index >= 15 is 0 Å². The molecule has 1 atom stereocenters. The summed E-state index contributed by atoms with van der Waals surface area (Å²) in [4.78, 5) is 15.3. The van der Waals surface area contributed by atoms with Crippen LogP contribution < -0.4 is 5.32 Å². The Bertz CT molecular complexity index is 517. The van der Waals surface area contributed by atoms with Gasteiger partial charge in [-0.3, -0.25) is 9.78 Å². The van der Waals surface area contributed by atoms with Crippen LogP contribution >= 0.6 is 11.6 Å². The molecular formula is C13H14ClF3N2O2. The van der Waals surface area contributed by atoms with E-state index < -0.39 is 11.7 Å². The summed E-state index contributed by atoms with van der Waals surface area (Å²) in [5.41, 5.74) is -0.814. The summed E-state index contributed by atoms with van der Waals surface area (Å²) >= 11 is 5.74. The third kappa shape index (κ3) is 4.57. The summed E-state index contributed by atoms with van der Waals surface area (Å²) in [5, 5.41) is 2.49. The number of carbonyl (C=O) groups excluding carboxylic acids is 1. The first-order valence-corrected chi connectivity index (χ1v) is 6.84. The van der Waals surface area contributed by atoms with Gasteiger partial charge in [-0.05, 0) is 18.9 Å². The summed E-state index contributed by atoms with van der Waals surface area (Å²) in [6.07, 6.45) is -2.13. The first kappa shape index (κ1) is 16.0. The number of halogens is 4. The van der Waals surface area contributed by atoms with Gasteiger partial charge >= 0.3 is 6.18 Å². The van der Waals surface area contributed by atoms with Crippen molar-refractivity contribution in [3.63, 3.8) is 0 Å². The monoisotopic (exact) mass is 322 g/mol. The van der Waals surface area contributed by atoms with Crippen LogP contribution in [0.4, 0.5) is 13.2 Å². The van der Waals surface area contributed by atoms with Crippen molar-refractivity contribution in [3.05, 3.63) is 28.5 Å². The molecule has 4 nitrogen and oxygen atoms in total. The molecule has 0 spiro atoms. The van der Waals surface area contributed by atoms with Crippen LogP contribution in [0.25, 0.3) is 0 Å². The van der Waals surface area contributed by atoms with Crippen molar-refractivity contribution in [2.24, 2.45) is 0 Å². The normalized spacial score (nSPS) is 18.8. The van der Waals surface area contributed by atoms with E-state index in [1.807, 2.05) is 0 Å². The molecular weight excluding hydrogens is 309 g/mol. The van der Waals surface area contributed by atoms with Crippen LogP contribution in [0.2, 0.25) is 5.02 Å². The lowest BCUT2D eigenvalue weighted by molar-refractivity contribution is -0.137. The minimum absolute atomic E-state index is 0.00462. The molecule has 0 bridgehead atoms. The molecule has 0 saturated carbocycles. The Morgan fingerprint density at radius 2 is 2.29 bits per heavy atom. The predicted octanol–water partition coefficient (Wildman–Crippen LogP) is 2.59. The number of carbonyl (C=O) groups is 1. The number of hydrogen-bond donors (Lipinski definition) is 1. The number of rotatable bonds is 4. The van der Waals surface area contributed by atoms with Crippen LogP contribution in [0.3, 0.4) is 0 Å². The number of alkyl halides is 3. The maximum absolute atomic E-state index is 12.5. The van der Waals surface area contributed by atoms with Gasteiger partial charge < -0.3 is 10.1 Å². The smallest absolute Gasteiger partial charge is 0.376 e. The molecule has 116 valence electrons. The quantitative estimate of drug-likeness (QED) is 0.927. The Morgan fingerprint density at radius 1 is 1.52 bits per heavy atom. The lowest BCUT2D eigenvalue weighted by atomic mass is 10.2. The lowest BCUT2D eigenvalue weighted by Gasteiger charge is -2.12. The largest absolute Gasteiger partial charge is 0.417 e. The first-order chi connectivity index (χ1) is 9.86. The van der Waals surface area contributed by atoms with Gasteiger partial charge in [0.1, 0.15) is 0 Å². The van der Waals surface area contributed by atoms with Gasteiger partial charge in [-0.25, -0.2) is 0 Å². The minimum atomic E-state index is -4.50. The van der Waals surface area contributed by atoms with Gasteiger partial charge in [-0.2, -0.15) is 13.2 Å². The van der Waals surface area contributed by atoms with Crippen LogP contribution in [0.1, 0.15) is 24.1 Å². The van der Waals surface area contributed by atoms with Gasteiger partial charge in [0.2, 0.25) is 5.91 Å². The van der Waals surface area contributed by atoms with E-state index in [1.54, 1.807) is 0 Å². The molecule has 1 saturated heterocycles. The number of hydrogen-bond acceptors (Lipinski definition) is 3. The zero-order chi connectivity index (χ0) is 15.5. The highest BCUT2D eigenvalue weighted by molar-refractivity contribution is 6.31. The Kier molecular flexibility index (Phi) is 5.05. The maximum Gasteiger partial charge on any atom is 0.417 e. The Hall–Kier alpha value is -1.34. The van der Waals surface area contributed by atoms with Crippen LogP contribution in [0.15, 0.2) is 12.3 Å². The second kappa shape index (κ2) is 6.62. The van der Waals surface area contributed by atoms with Crippen molar-refractivity contribution in [3.8, 4) is 0 Å². The van der Waals surface area contributed by atoms with Gasteiger partial charge in [-0.15, -0.1) is 0 Å². The van der Waals surface area contributed by atoms with Crippen LogP contribution in [-0.4, -0.2) is 30.1 Å². The van der Waals surface area contributed by atoms with Gasteiger partial charge in [0.05, 0.1) is 28.8 Å². The lowest BCUT2D eigenvalue weighted by Crippen LogP contribution is -2.33. The summed E-state index contributed by atoms with van der Waals surface area (Å²) in [5.74, 6) is -0.348. The fraction of sp³-hybridized carbons (Fsp3) is 0.538. The molecule has 2 rings (SSSR count). The van der Waals surface area contributed by atoms with Crippen LogP contribution in [0, 0.1) is 0 Å². The summed E-state index contributed by atoms with van der Waals surface area (Å²) in [7, 11) is 0. The molecule has 21 heavy (non-hydrogen) atoms. The van der Waals surface area contributed by atoms with E-state index in [4.69, 9.17) is 16.3 Å². The molecule has 1 unspecified atom stereocenters. The van der Waals surface area contributed by atoms with E-state index in [-0.39, 0.29) is 29.1 Å². The zero-order valence-corrected chi connectivity index (χ0v) is 11.8. The van der Waals surface area contributed by atoms with Gasteiger partial charge in [0, 0.05) is 19.3 Å². The minimum Gasteiger partial charge on any atom is -0.376 e. The molecule has 1 N–H and O–H groups in total. The molecule has 1 aromatic heterocycles. The second-order valence-electron chi connectivity index (χ2n) is 4.77. The molecule has 1 amide bonds. The second-order valence-corrected chi connectivity index (χ2v) is 5.17. The zero-order valence-electron chi connectivity index (χ0n) is 11.0. The average molecular weight is 323 g/mol. The van der Waals surface area contributed by atoms with E-state index in [1.165, 1.54) is 0 Å². The van der Waals surface area contributed by atoms with Gasteiger partial charge in [-0.1, -0.05) is 11.6 Å². The molecule has 1 fully saturated rings. The molecule has 1 aromatic rings. The molecule has 0 radical (unpaired) electrons. The molecule has 1 aliphatic rings. The maximum atomic E-state index is 12.5. The number of amides is 1. The highest BCUT2D eigenvalue weighted by atomic mass is 35.5. The van der Waals surface area contributed by atoms with Crippen LogP contribution in [0.5, 0.6) is 0 Å². The highest BCUT2D eigenvalue weighted by Gasteiger charge is 2.31. The third-order valence-corrected chi connectivity index (χ3v) is 3.45. The van der Waals surface area contributed by atoms with Crippen molar-refractivity contribution in [1.82, 2.24) is 10.3 Å². The molecule has 2 heterocycles. The van der Waals surface area contributed by atoms with Gasteiger partial charge in [0.25, 0.3) is 0 Å². The third-order valence-electron chi connectivity index (χ3n) is 3.12. The van der Waals surface area contributed by atoms with Crippen molar-refractivity contribution in [2.75, 3.05) is 13.2 Å². The van der Waals surface area contributed by atoms with E-state index in [0.717, 1.165) is 18.9 Å². The Balaban J connectivity index is 1.91. The van der Waals surface area contributed by atoms with Crippen molar-refractivity contribution < 1.29 is 22.7 Å². The SMILES string of the molecule is O=C(Cc1ncc(C(F)(F)F)cc1Cl)NCC1CCCO1. The number of ether oxygens (including phenoxy) is 1. The van der Waals surface area contributed by atoms with E-state index in [9.17, 15) is 18.0 Å². The van der Waals surface area contributed by atoms with Gasteiger partial charge in [0.15, 0.2) is 0 Å². The van der Waals surface area contributed by atoms with E-state index in [0.29, 0.717) is 19.3 Å². The first-order valence-electron chi connectivity index (χ1n) is 6.46. The van der Waals surface area contributed by atoms with Crippen molar-refractivity contribution >= 4 is 17.5 Å². The molecule has 0 aromatic carbocycles. The van der Waals surface area contributed by atoms with Crippen molar-refractivity contribution in [1.29, 1.82) is 0 Å². The molecule has 0 aliphatic carbocycles. The summed E-state index contributed by atoms with van der Waals surface area (Å²) in [6, 6.07) is 0.775. The number of pyridine rings is 1. The fourth-order valence-electron chi connectivity index (χ4n) is 2.00. The topological polar surface area (TPSA) is 51.2 Å². The standard InChI is InChI=1S/C13H14ClF3N2O2/c14-10-4-8(13(15,16)17)6-18-11(10)5-12(20)19-7-9-2-1-3-21-9/h4,6,9H,1-3,5,7H2,(H,19,20).